The van der Waals surface area contributed by atoms with Crippen molar-refractivity contribution in [3.63, 3.8) is 0 Å². The van der Waals surface area contributed by atoms with Gasteiger partial charge in [-0.1, -0.05) is 11.6 Å². The predicted molar refractivity (Wildman–Crippen MR) is 106 cm³/mol. The highest BCUT2D eigenvalue weighted by Gasteiger charge is 2.17. The van der Waals surface area contributed by atoms with E-state index < -0.39 is 11.5 Å². The van der Waals surface area contributed by atoms with Crippen molar-refractivity contribution < 1.29 is 23.8 Å². The first kappa shape index (κ1) is 19.6. The molecule has 0 aliphatic carbocycles. The van der Waals surface area contributed by atoms with Crippen molar-refractivity contribution in [2.45, 2.75) is 13.3 Å². The third-order valence-corrected chi connectivity index (χ3v) is 4.66. The van der Waals surface area contributed by atoms with Gasteiger partial charge in [-0.25, -0.2) is 4.79 Å². The summed E-state index contributed by atoms with van der Waals surface area (Å²) in [6.07, 6.45) is -0.184. The van der Waals surface area contributed by atoms with Gasteiger partial charge in [0, 0.05) is 23.2 Å². The van der Waals surface area contributed by atoms with Crippen LogP contribution in [0.2, 0.25) is 5.02 Å². The number of phenolic OH excluding ortho intramolecular Hbond substituents is 1. The van der Waals surface area contributed by atoms with E-state index in [1.165, 1.54) is 26.4 Å². The van der Waals surface area contributed by atoms with Gasteiger partial charge in [0.1, 0.15) is 11.3 Å². The molecule has 0 bridgehead atoms. The van der Waals surface area contributed by atoms with Crippen LogP contribution in [0.15, 0.2) is 39.5 Å². The van der Waals surface area contributed by atoms with E-state index in [0.717, 1.165) is 0 Å². The summed E-state index contributed by atoms with van der Waals surface area (Å²) < 4.78 is 15.6. The van der Waals surface area contributed by atoms with Crippen LogP contribution >= 0.6 is 11.6 Å². The summed E-state index contributed by atoms with van der Waals surface area (Å²) in [4.78, 5) is 24.8. The lowest BCUT2D eigenvalue weighted by atomic mass is 10.0. The Morgan fingerprint density at radius 1 is 1.18 bits per heavy atom. The van der Waals surface area contributed by atoms with Crippen LogP contribution in [0, 0.1) is 6.92 Å². The van der Waals surface area contributed by atoms with E-state index in [2.05, 4.69) is 5.32 Å². The highest BCUT2D eigenvalue weighted by molar-refractivity contribution is 6.32. The molecule has 0 radical (unpaired) electrons. The van der Waals surface area contributed by atoms with Crippen LogP contribution in [0.3, 0.4) is 0 Å². The predicted octanol–water partition coefficient (Wildman–Crippen LogP) is 3.66. The number of aryl methyl sites for hydroxylation is 1. The van der Waals surface area contributed by atoms with Crippen molar-refractivity contribution in [2.75, 3.05) is 19.5 Å². The maximum atomic E-state index is 12.5. The van der Waals surface area contributed by atoms with Crippen LogP contribution in [0.1, 0.15) is 11.1 Å². The van der Waals surface area contributed by atoms with Gasteiger partial charge in [-0.15, -0.1) is 0 Å². The second kappa shape index (κ2) is 7.82. The van der Waals surface area contributed by atoms with Crippen molar-refractivity contribution in [3.05, 3.63) is 56.9 Å². The molecule has 2 N–H and O–H groups in total. The smallest absolute Gasteiger partial charge is 0.340 e. The van der Waals surface area contributed by atoms with Gasteiger partial charge in [-0.3, -0.25) is 4.79 Å². The lowest BCUT2D eigenvalue weighted by Gasteiger charge is -2.11. The Labute approximate surface area is 165 Å². The molecular weight excluding hydrogens is 386 g/mol. The van der Waals surface area contributed by atoms with Gasteiger partial charge in [0.05, 0.1) is 31.2 Å². The van der Waals surface area contributed by atoms with Gasteiger partial charge in [0.2, 0.25) is 5.91 Å². The number of nitrogens with one attached hydrogen (secondary N) is 1. The van der Waals surface area contributed by atoms with E-state index in [1.807, 2.05) is 0 Å². The number of aromatic hydroxyl groups is 1. The van der Waals surface area contributed by atoms with E-state index in [9.17, 15) is 14.7 Å². The summed E-state index contributed by atoms with van der Waals surface area (Å²) in [5.41, 5.74) is 0.837. The van der Waals surface area contributed by atoms with E-state index >= 15 is 0 Å². The number of carbonyl (C=O) groups is 1. The summed E-state index contributed by atoms with van der Waals surface area (Å²) in [5.74, 6) is 0.422. The van der Waals surface area contributed by atoms with Gasteiger partial charge in [0.25, 0.3) is 0 Å². The normalized spacial score (nSPS) is 10.7. The molecule has 3 rings (SSSR count). The van der Waals surface area contributed by atoms with Gasteiger partial charge in [-0.05, 0) is 30.7 Å². The maximum absolute atomic E-state index is 12.5. The minimum Gasteiger partial charge on any atom is -0.506 e. The molecule has 0 spiro atoms. The van der Waals surface area contributed by atoms with E-state index in [0.29, 0.717) is 28.1 Å². The molecular formula is C20H18ClNO6. The number of anilines is 1. The Morgan fingerprint density at radius 2 is 1.89 bits per heavy atom. The number of hydrogen-bond donors (Lipinski definition) is 2. The van der Waals surface area contributed by atoms with Crippen molar-refractivity contribution >= 4 is 34.2 Å². The molecule has 0 aliphatic rings. The van der Waals surface area contributed by atoms with Crippen molar-refractivity contribution in [1.29, 1.82) is 0 Å². The Morgan fingerprint density at radius 3 is 2.57 bits per heavy atom. The maximum Gasteiger partial charge on any atom is 0.340 e. The number of fused-ring (bicyclic) bond motifs is 1. The number of hydrogen-bond acceptors (Lipinski definition) is 6. The number of halogens is 1. The van der Waals surface area contributed by atoms with Crippen LogP contribution < -0.4 is 20.4 Å². The molecule has 1 aromatic heterocycles. The molecule has 0 saturated heterocycles. The van der Waals surface area contributed by atoms with Crippen molar-refractivity contribution in [3.8, 4) is 17.2 Å². The second-order valence-electron chi connectivity index (χ2n) is 6.09. The molecule has 0 unspecified atom stereocenters. The average Bonchev–Trinajstić information content (AvgIpc) is 2.67. The summed E-state index contributed by atoms with van der Waals surface area (Å²) in [6, 6.07) is 7.73. The van der Waals surface area contributed by atoms with E-state index in [-0.39, 0.29) is 28.3 Å². The molecule has 28 heavy (non-hydrogen) atoms. The molecule has 146 valence electrons. The fourth-order valence-electron chi connectivity index (χ4n) is 2.88. The third-order valence-electron chi connectivity index (χ3n) is 4.36. The number of phenols is 1. The lowest BCUT2D eigenvalue weighted by molar-refractivity contribution is -0.115. The zero-order chi connectivity index (χ0) is 20.4. The summed E-state index contributed by atoms with van der Waals surface area (Å²) in [5, 5.41) is 13.1. The second-order valence-corrected chi connectivity index (χ2v) is 6.49. The van der Waals surface area contributed by atoms with Crippen LogP contribution in [-0.2, 0) is 11.2 Å². The highest BCUT2D eigenvalue weighted by Crippen LogP contribution is 2.31. The SMILES string of the molecule is COc1ccc(NC(=O)Cc2c(C)c3cc(Cl)c(O)cc3oc2=O)cc1OC. The van der Waals surface area contributed by atoms with E-state index in [1.54, 1.807) is 25.1 Å². The van der Waals surface area contributed by atoms with Crippen LogP contribution in [0.25, 0.3) is 11.0 Å². The minimum atomic E-state index is -0.644. The molecule has 0 atom stereocenters. The first-order valence-electron chi connectivity index (χ1n) is 8.30. The zero-order valence-electron chi connectivity index (χ0n) is 15.5. The zero-order valence-corrected chi connectivity index (χ0v) is 16.2. The standard InChI is InChI=1S/C20H18ClNO6/c1-10-12-7-14(21)15(23)9-17(12)28-20(25)13(10)8-19(24)22-11-4-5-16(26-2)18(6-11)27-3/h4-7,9,23H,8H2,1-3H3,(H,22,24). The third kappa shape index (κ3) is 3.75. The minimum absolute atomic E-state index is 0.130. The Kier molecular flexibility index (Phi) is 5.46. The number of benzene rings is 2. The Bertz CT molecular complexity index is 1120. The monoisotopic (exact) mass is 403 g/mol. The molecule has 2 aromatic carbocycles. The van der Waals surface area contributed by atoms with Crippen LogP contribution in [0.4, 0.5) is 5.69 Å². The number of methoxy groups -OCH3 is 2. The molecule has 1 amide bonds. The molecule has 8 heteroatoms. The van der Waals surface area contributed by atoms with Crippen molar-refractivity contribution in [2.24, 2.45) is 0 Å². The van der Waals surface area contributed by atoms with Crippen molar-refractivity contribution in [1.82, 2.24) is 0 Å². The molecule has 3 aromatic rings. The molecule has 0 aliphatic heterocycles. The topological polar surface area (TPSA) is 98.0 Å². The highest BCUT2D eigenvalue weighted by atomic mass is 35.5. The van der Waals surface area contributed by atoms with Crippen LogP contribution in [0.5, 0.6) is 17.2 Å². The summed E-state index contributed by atoms with van der Waals surface area (Å²) in [7, 11) is 3.01. The van der Waals surface area contributed by atoms with Gasteiger partial charge < -0.3 is 24.3 Å². The quantitative estimate of drug-likeness (QED) is 0.631. The molecule has 0 saturated carbocycles. The van der Waals surface area contributed by atoms with E-state index in [4.69, 9.17) is 25.5 Å². The first-order chi connectivity index (χ1) is 13.3. The molecule has 0 fully saturated rings. The number of amides is 1. The number of carbonyl (C=O) groups excluding carboxylic acids is 1. The van der Waals surface area contributed by atoms with Gasteiger partial charge in [-0.2, -0.15) is 0 Å². The largest absolute Gasteiger partial charge is 0.506 e. The summed E-state index contributed by atoms with van der Waals surface area (Å²) >= 11 is 5.95. The van der Waals surface area contributed by atoms with Crippen LogP contribution in [-0.4, -0.2) is 25.2 Å². The first-order valence-corrected chi connectivity index (χ1v) is 8.68. The lowest BCUT2D eigenvalue weighted by Crippen LogP contribution is -2.20. The molecule has 1 heterocycles. The number of ether oxygens (including phenoxy) is 2. The van der Waals surface area contributed by atoms with Gasteiger partial charge >= 0.3 is 5.63 Å². The average molecular weight is 404 g/mol. The fourth-order valence-corrected chi connectivity index (χ4v) is 3.05. The molecule has 7 nitrogen and oxygen atoms in total. The fraction of sp³-hybridized carbons (Fsp3) is 0.200. The Balaban J connectivity index is 1.89. The summed E-state index contributed by atoms with van der Waals surface area (Å²) in [6.45, 7) is 1.70. The number of rotatable bonds is 5. The van der Waals surface area contributed by atoms with Gasteiger partial charge in [0.15, 0.2) is 11.5 Å². The Hall–Kier alpha value is -3.19.